The van der Waals surface area contributed by atoms with Gasteiger partial charge in [-0.1, -0.05) is 6.92 Å². The smallest absolute Gasteiger partial charge is 0.319 e. The number of alkyl halides is 5. The van der Waals surface area contributed by atoms with Gasteiger partial charge >= 0.3 is 5.97 Å². The van der Waals surface area contributed by atoms with Gasteiger partial charge in [-0.3, -0.25) is 4.79 Å². The molecule has 0 heterocycles. The standard InChI is InChI=1S/C11H17F5O2S/c1-3-10(2,9(17)18)19-6-4-5-11(15,16)7(12)8(13)14/h7-8H,3-6H2,1-2H3,(H,17,18). The van der Waals surface area contributed by atoms with Crippen LogP contribution in [0.4, 0.5) is 22.0 Å². The first-order valence-corrected chi connectivity index (χ1v) is 6.72. The van der Waals surface area contributed by atoms with Gasteiger partial charge in [-0.2, -0.15) is 0 Å². The van der Waals surface area contributed by atoms with Crippen LogP contribution in [0.1, 0.15) is 33.1 Å². The molecule has 0 saturated heterocycles. The van der Waals surface area contributed by atoms with Crippen molar-refractivity contribution >= 4 is 17.7 Å². The van der Waals surface area contributed by atoms with Gasteiger partial charge in [0.2, 0.25) is 6.17 Å². The second kappa shape index (κ2) is 7.31. The van der Waals surface area contributed by atoms with E-state index >= 15 is 0 Å². The Labute approximate surface area is 112 Å². The summed E-state index contributed by atoms with van der Waals surface area (Å²) in [6, 6.07) is 0. The maximum atomic E-state index is 12.9. The monoisotopic (exact) mass is 308 g/mol. The van der Waals surface area contributed by atoms with E-state index in [0.717, 1.165) is 11.8 Å². The molecule has 0 bridgehead atoms. The van der Waals surface area contributed by atoms with Crippen LogP contribution in [0, 0.1) is 0 Å². The summed E-state index contributed by atoms with van der Waals surface area (Å²) < 4.78 is 61.0. The van der Waals surface area contributed by atoms with Crippen molar-refractivity contribution in [2.75, 3.05) is 5.75 Å². The summed E-state index contributed by atoms with van der Waals surface area (Å²) in [5.41, 5.74) is 0. The minimum Gasteiger partial charge on any atom is -0.480 e. The lowest BCUT2D eigenvalue weighted by molar-refractivity contribution is -0.139. The molecule has 0 aromatic heterocycles. The molecule has 2 nitrogen and oxygen atoms in total. The van der Waals surface area contributed by atoms with Crippen molar-refractivity contribution in [2.24, 2.45) is 0 Å². The quantitative estimate of drug-likeness (QED) is 0.517. The number of carboxylic acids is 1. The largest absolute Gasteiger partial charge is 0.480 e. The second-order valence-electron chi connectivity index (χ2n) is 4.34. The van der Waals surface area contributed by atoms with Crippen LogP contribution in [0.15, 0.2) is 0 Å². The van der Waals surface area contributed by atoms with Crippen LogP contribution < -0.4 is 0 Å². The highest BCUT2D eigenvalue weighted by atomic mass is 32.2. The minimum absolute atomic E-state index is 0.0438. The summed E-state index contributed by atoms with van der Waals surface area (Å²) in [6.45, 7) is 3.10. The van der Waals surface area contributed by atoms with E-state index in [4.69, 9.17) is 5.11 Å². The molecule has 0 saturated carbocycles. The lowest BCUT2D eigenvalue weighted by Crippen LogP contribution is -2.36. The molecule has 0 amide bonds. The molecule has 2 unspecified atom stereocenters. The van der Waals surface area contributed by atoms with Gasteiger partial charge < -0.3 is 5.11 Å². The van der Waals surface area contributed by atoms with Gasteiger partial charge in [0.15, 0.2) is 0 Å². The minimum atomic E-state index is -4.08. The molecule has 0 radical (unpaired) electrons. The molecule has 0 fully saturated rings. The van der Waals surface area contributed by atoms with Crippen LogP contribution in [0.5, 0.6) is 0 Å². The number of aliphatic carboxylic acids is 1. The van der Waals surface area contributed by atoms with Gasteiger partial charge in [0, 0.05) is 6.42 Å². The molecule has 0 aromatic rings. The topological polar surface area (TPSA) is 37.3 Å². The first-order chi connectivity index (χ1) is 8.57. The molecule has 8 heteroatoms. The summed E-state index contributed by atoms with van der Waals surface area (Å²) >= 11 is 0.950. The fourth-order valence-electron chi connectivity index (χ4n) is 1.24. The van der Waals surface area contributed by atoms with Crippen molar-refractivity contribution in [3.05, 3.63) is 0 Å². The number of hydrogen-bond acceptors (Lipinski definition) is 2. The first kappa shape index (κ1) is 18.5. The number of halogens is 5. The molecule has 0 rings (SSSR count). The Bertz CT molecular complexity index is 301. The number of thioether (sulfide) groups is 1. The third-order valence-electron chi connectivity index (χ3n) is 2.83. The van der Waals surface area contributed by atoms with Gasteiger partial charge in [0.1, 0.15) is 4.75 Å². The number of carbonyl (C=O) groups is 1. The lowest BCUT2D eigenvalue weighted by Gasteiger charge is -2.23. The highest BCUT2D eigenvalue weighted by Gasteiger charge is 2.45. The maximum Gasteiger partial charge on any atom is 0.319 e. The van der Waals surface area contributed by atoms with Crippen molar-refractivity contribution < 1.29 is 31.9 Å². The maximum absolute atomic E-state index is 12.9. The molecular weight excluding hydrogens is 291 g/mol. The lowest BCUT2D eigenvalue weighted by atomic mass is 10.1. The summed E-state index contributed by atoms with van der Waals surface area (Å²) in [5, 5.41) is 8.92. The van der Waals surface area contributed by atoms with E-state index in [1.54, 1.807) is 6.92 Å². The van der Waals surface area contributed by atoms with Crippen molar-refractivity contribution in [1.29, 1.82) is 0 Å². The Morgan fingerprint density at radius 1 is 1.32 bits per heavy atom. The summed E-state index contributed by atoms with van der Waals surface area (Å²) in [7, 11) is 0. The Morgan fingerprint density at radius 2 is 1.84 bits per heavy atom. The number of carboxylic acid groups (broad SMARTS) is 1. The summed E-state index contributed by atoms with van der Waals surface area (Å²) in [5.74, 6) is -5.11. The molecule has 114 valence electrons. The van der Waals surface area contributed by atoms with E-state index in [1.165, 1.54) is 6.92 Å². The zero-order valence-corrected chi connectivity index (χ0v) is 11.5. The van der Waals surface area contributed by atoms with Crippen LogP contribution in [0.2, 0.25) is 0 Å². The van der Waals surface area contributed by atoms with Crippen molar-refractivity contribution in [1.82, 2.24) is 0 Å². The van der Waals surface area contributed by atoms with E-state index in [0.29, 0.717) is 6.42 Å². The third-order valence-corrected chi connectivity index (χ3v) is 4.42. The Hall–Kier alpha value is -0.530. The molecule has 0 aliphatic heterocycles. The van der Waals surface area contributed by atoms with Gasteiger partial charge in [-0.15, -0.1) is 11.8 Å². The van der Waals surface area contributed by atoms with E-state index in [9.17, 15) is 26.7 Å². The average Bonchev–Trinajstić information content (AvgIpc) is 2.32. The fraction of sp³-hybridized carbons (Fsp3) is 0.909. The van der Waals surface area contributed by atoms with Crippen LogP contribution in [0.25, 0.3) is 0 Å². The Kier molecular flexibility index (Phi) is 7.10. The van der Waals surface area contributed by atoms with Crippen molar-refractivity contribution in [3.63, 3.8) is 0 Å². The van der Waals surface area contributed by atoms with Gasteiger partial charge in [0.05, 0.1) is 0 Å². The van der Waals surface area contributed by atoms with Crippen LogP contribution in [-0.2, 0) is 4.79 Å². The molecule has 19 heavy (non-hydrogen) atoms. The van der Waals surface area contributed by atoms with E-state index in [2.05, 4.69) is 0 Å². The Balaban J connectivity index is 4.21. The zero-order valence-electron chi connectivity index (χ0n) is 10.6. The van der Waals surface area contributed by atoms with Crippen LogP contribution in [0.3, 0.4) is 0 Å². The number of rotatable bonds is 9. The van der Waals surface area contributed by atoms with Crippen LogP contribution >= 0.6 is 11.8 Å². The highest BCUT2D eigenvalue weighted by molar-refractivity contribution is 8.01. The summed E-state index contributed by atoms with van der Waals surface area (Å²) in [4.78, 5) is 10.9. The van der Waals surface area contributed by atoms with E-state index in [-0.39, 0.29) is 12.2 Å². The second-order valence-corrected chi connectivity index (χ2v) is 5.94. The van der Waals surface area contributed by atoms with Crippen molar-refractivity contribution in [3.8, 4) is 0 Å². The van der Waals surface area contributed by atoms with E-state index < -0.39 is 35.7 Å². The van der Waals surface area contributed by atoms with Gasteiger partial charge in [-0.25, -0.2) is 22.0 Å². The normalized spacial score (nSPS) is 17.3. The third kappa shape index (κ3) is 5.54. The average molecular weight is 308 g/mol. The molecule has 2 atom stereocenters. The van der Waals surface area contributed by atoms with E-state index in [1.807, 2.05) is 0 Å². The zero-order chi connectivity index (χ0) is 15.3. The number of hydrogen-bond donors (Lipinski definition) is 1. The first-order valence-electron chi connectivity index (χ1n) is 5.74. The fourth-order valence-corrected chi connectivity index (χ4v) is 2.31. The SMILES string of the molecule is CCC(C)(SCCCC(F)(F)C(F)C(F)F)C(=O)O. The van der Waals surface area contributed by atoms with Gasteiger partial charge in [-0.05, 0) is 25.5 Å². The van der Waals surface area contributed by atoms with Crippen LogP contribution in [-0.4, -0.2) is 40.1 Å². The molecule has 0 aliphatic carbocycles. The molecule has 0 aromatic carbocycles. The Morgan fingerprint density at radius 3 is 2.21 bits per heavy atom. The molecular formula is C11H17F5O2S. The van der Waals surface area contributed by atoms with Crippen molar-refractivity contribution in [2.45, 2.75) is 56.4 Å². The van der Waals surface area contributed by atoms with Gasteiger partial charge in [0.25, 0.3) is 12.3 Å². The predicted octanol–water partition coefficient (Wildman–Crippen LogP) is 3.99. The summed E-state index contributed by atoms with van der Waals surface area (Å²) in [6.07, 6.45) is -8.15. The molecule has 1 N–H and O–H groups in total. The highest BCUT2D eigenvalue weighted by Crippen LogP contribution is 2.34. The molecule has 0 spiro atoms. The molecule has 0 aliphatic rings. The predicted molar refractivity (Wildman–Crippen MR) is 63.9 cm³/mol.